The van der Waals surface area contributed by atoms with Gasteiger partial charge in [0.1, 0.15) is 11.4 Å². The molecule has 1 aliphatic rings. The lowest BCUT2D eigenvalue weighted by atomic mass is 9.97. The van der Waals surface area contributed by atoms with Crippen molar-refractivity contribution in [3.8, 4) is 11.8 Å². The highest BCUT2D eigenvalue weighted by Crippen LogP contribution is 2.36. The van der Waals surface area contributed by atoms with Crippen molar-refractivity contribution < 1.29 is 14.6 Å². The number of aromatic nitrogens is 1. The van der Waals surface area contributed by atoms with Gasteiger partial charge in [-0.1, -0.05) is 0 Å². The molecule has 0 aliphatic carbocycles. The second kappa shape index (κ2) is 5.39. The number of ether oxygens (including phenoxy) is 1. The van der Waals surface area contributed by atoms with Gasteiger partial charge in [0.25, 0.3) is 5.56 Å². The van der Waals surface area contributed by atoms with Gasteiger partial charge in [-0.05, 0) is 44.2 Å². The van der Waals surface area contributed by atoms with Crippen LogP contribution in [0.2, 0.25) is 0 Å². The van der Waals surface area contributed by atoms with E-state index in [1.807, 2.05) is 19.9 Å². The van der Waals surface area contributed by atoms with E-state index < -0.39 is 11.6 Å². The third kappa shape index (κ3) is 2.68. The Morgan fingerprint density at radius 3 is 2.71 bits per heavy atom. The van der Waals surface area contributed by atoms with Gasteiger partial charge in [-0.15, -0.1) is 0 Å². The molecule has 0 unspecified atom stereocenters. The Balaban J connectivity index is 2.29. The largest absolute Gasteiger partial charge is 0.483 e. The molecule has 6 nitrogen and oxygen atoms in total. The Kier molecular flexibility index (Phi) is 3.49. The van der Waals surface area contributed by atoms with Gasteiger partial charge in [-0.2, -0.15) is 5.26 Å². The standard InChI is InChI=1S/C18H14N2O4/c1-18(2)8-14(13-7-11(9-19)3-5-15(13)24-18)20-10-12(17(22)23)4-6-16(20)21/h3-8,10H,1-2H3,(H,22,23). The summed E-state index contributed by atoms with van der Waals surface area (Å²) in [6, 6.07) is 9.45. The average molecular weight is 322 g/mol. The zero-order chi connectivity index (χ0) is 17.5. The van der Waals surface area contributed by atoms with Crippen LogP contribution in [0.4, 0.5) is 0 Å². The van der Waals surface area contributed by atoms with Crippen LogP contribution in [0.5, 0.6) is 5.75 Å². The number of carboxylic acid groups (broad SMARTS) is 1. The van der Waals surface area contributed by atoms with E-state index in [0.717, 1.165) is 0 Å². The molecule has 0 fully saturated rings. The van der Waals surface area contributed by atoms with Crippen molar-refractivity contribution in [2.24, 2.45) is 0 Å². The lowest BCUT2D eigenvalue weighted by Gasteiger charge is -2.31. The molecular formula is C18H14N2O4. The minimum Gasteiger partial charge on any atom is -0.483 e. The molecule has 3 rings (SSSR count). The Labute approximate surface area is 137 Å². The van der Waals surface area contributed by atoms with E-state index in [4.69, 9.17) is 10.00 Å². The molecule has 24 heavy (non-hydrogen) atoms. The zero-order valence-corrected chi connectivity index (χ0v) is 13.1. The minimum absolute atomic E-state index is 0.00205. The molecule has 0 spiro atoms. The van der Waals surface area contributed by atoms with Gasteiger partial charge in [0.2, 0.25) is 0 Å². The molecule has 6 heteroatoms. The summed E-state index contributed by atoms with van der Waals surface area (Å²) in [6.45, 7) is 3.67. The van der Waals surface area contributed by atoms with Crippen LogP contribution in [-0.4, -0.2) is 21.2 Å². The van der Waals surface area contributed by atoms with Crippen LogP contribution in [0.1, 0.15) is 35.3 Å². The van der Waals surface area contributed by atoms with Crippen molar-refractivity contribution in [1.82, 2.24) is 4.57 Å². The van der Waals surface area contributed by atoms with E-state index >= 15 is 0 Å². The summed E-state index contributed by atoms with van der Waals surface area (Å²) >= 11 is 0. The molecule has 0 atom stereocenters. The molecule has 1 aliphatic heterocycles. The summed E-state index contributed by atoms with van der Waals surface area (Å²) in [5.41, 5.74) is 0.430. The van der Waals surface area contributed by atoms with E-state index in [0.29, 0.717) is 22.6 Å². The van der Waals surface area contributed by atoms with Crippen molar-refractivity contribution in [2.45, 2.75) is 19.4 Å². The lowest BCUT2D eigenvalue weighted by Crippen LogP contribution is -2.32. The monoisotopic (exact) mass is 322 g/mol. The molecule has 120 valence electrons. The maximum absolute atomic E-state index is 12.3. The molecule has 1 aromatic heterocycles. The van der Waals surface area contributed by atoms with E-state index in [2.05, 4.69) is 0 Å². The number of nitriles is 1. The van der Waals surface area contributed by atoms with Gasteiger partial charge < -0.3 is 9.84 Å². The van der Waals surface area contributed by atoms with Crippen LogP contribution in [-0.2, 0) is 0 Å². The number of hydrogen-bond donors (Lipinski definition) is 1. The number of nitrogens with zero attached hydrogens (tertiary/aromatic N) is 2. The summed E-state index contributed by atoms with van der Waals surface area (Å²) in [4.78, 5) is 23.5. The van der Waals surface area contributed by atoms with Crippen molar-refractivity contribution in [2.75, 3.05) is 0 Å². The number of fused-ring (bicyclic) bond motifs is 1. The van der Waals surface area contributed by atoms with E-state index in [-0.39, 0.29) is 11.1 Å². The van der Waals surface area contributed by atoms with E-state index in [1.54, 1.807) is 24.3 Å². The topological polar surface area (TPSA) is 92.3 Å². The second-order valence-corrected chi connectivity index (χ2v) is 5.99. The van der Waals surface area contributed by atoms with Gasteiger partial charge in [0.05, 0.1) is 22.9 Å². The van der Waals surface area contributed by atoms with Crippen molar-refractivity contribution in [1.29, 1.82) is 5.26 Å². The molecule has 0 bridgehead atoms. The number of aromatic carboxylic acids is 1. The summed E-state index contributed by atoms with van der Waals surface area (Å²) in [5.74, 6) is -0.592. The Hall–Kier alpha value is -3.33. The van der Waals surface area contributed by atoms with Gasteiger partial charge in [-0.3, -0.25) is 9.36 Å². The fourth-order valence-electron chi connectivity index (χ4n) is 2.61. The highest BCUT2D eigenvalue weighted by molar-refractivity contribution is 5.87. The van der Waals surface area contributed by atoms with Crippen LogP contribution in [0.3, 0.4) is 0 Å². The number of hydrogen-bond acceptors (Lipinski definition) is 4. The van der Waals surface area contributed by atoms with Crippen LogP contribution in [0.25, 0.3) is 5.70 Å². The van der Waals surface area contributed by atoms with Crippen LogP contribution < -0.4 is 10.3 Å². The predicted molar refractivity (Wildman–Crippen MR) is 86.9 cm³/mol. The fraction of sp³-hybridized carbons (Fsp3) is 0.167. The van der Waals surface area contributed by atoms with Crippen LogP contribution in [0.15, 0.2) is 47.4 Å². The quantitative estimate of drug-likeness (QED) is 0.917. The van der Waals surface area contributed by atoms with Crippen molar-refractivity contribution >= 4 is 11.7 Å². The Morgan fingerprint density at radius 1 is 1.29 bits per heavy atom. The average Bonchev–Trinajstić information content (AvgIpc) is 2.53. The maximum atomic E-state index is 12.3. The smallest absolute Gasteiger partial charge is 0.337 e. The van der Waals surface area contributed by atoms with Crippen molar-refractivity contribution in [3.05, 3.63) is 69.6 Å². The second-order valence-electron chi connectivity index (χ2n) is 5.99. The normalized spacial score (nSPS) is 14.8. The summed E-state index contributed by atoms with van der Waals surface area (Å²) in [6.07, 6.45) is 3.02. The molecule has 2 heterocycles. The van der Waals surface area contributed by atoms with Crippen LogP contribution in [0, 0.1) is 11.3 Å². The number of benzene rings is 1. The first-order chi connectivity index (χ1) is 11.3. The number of rotatable bonds is 2. The summed E-state index contributed by atoms with van der Waals surface area (Å²) < 4.78 is 7.14. The number of carboxylic acids is 1. The lowest BCUT2D eigenvalue weighted by molar-refractivity contribution is 0.0696. The molecular weight excluding hydrogens is 308 g/mol. The first-order valence-corrected chi connectivity index (χ1v) is 7.23. The van der Waals surface area contributed by atoms with E-state index in [1.165, 1.54) is 22.9 Å². The Morgan fingerprint density at radius 2 is 2.04 bits per heavy atom. The first-order valence-electron chi connectivity index (χ1n) is 7.23. The summed E-state index contributed by atoms with van der Waals surface area (Å²) in [5, 5.41) is 18.3. The van der Waals surface area contributed by atoms with Crippen LogP contribution >= 0.6 is 0 Å². The molecule has 0 saturated carbocycles. The third-order valence-corrected chi connectivity index (χ3v) is 3.66. The molecule has 0 saturated heterocycles. The molecule has 0 amide bonds. The first kappa shape index (κ1) is 15.6. The SMILES string of the molecule is CC1(C)C=C(n2cc(C(=O)O)ccc2=O)c2cc(C#N)ccc2O1. The third-order valence-electron chi connectivity index (χ3n) is 3.66. The molecule has 2 aromatic rings. The highest BCUT2D eigenvalue weighted by Gasteiger charge is 2.28. The van der Waals surface area contributed by atoms with Gasteiger partial charge in [0, 0.05) is 17.8 Å². The maximum Gasteiger partial charge on any atom is 0.337 e. The number of pyridine rings is 1. The van der Waals surface area contributed by atoms with Crippen molar-refractivity contribution in [3.63, 3.8) is 0 Å². The van der Waals surface area contributed by atoms with Gasteiger partial charge in [0.15, 0.2) is 0 Å². The highest BCUT2D eigenvalue weighted by atomic mass is 16.5. The summed E-state index contributed by atoms with van der Waals surface area (Å²) in [7, 11) is 0. The van der Waals surface area contributed by atoms with Gasteiger partial charge >= 0.3 is 5.97 Å². The van der Waals surface area contributed by atoms with E-state index in [9.17, 15) is 14.7 Å². The molecule has 1 aromatic carbocycles. The van der Waals surface area contributed by atoms with Gasteiger partial charge in [-0.25, -0.2) is 4.79 Å². The Bertz CT molecular complexity index is 977. The molecule has 0 radical (unpaired) electrons. The minimum atomic E-state index is -1.12. The zero-order valence-electron chi connectivity index (χ0n) is 13.1. The fourth-order valence-corrected chi connectivity index (χ4v) is 2.61. The molecule has 1 N–H and O–H groups in total. The number of carbonyl (C=O) groups is 1. The predicted octanol–water partition coefficient (Wildman–Crippen LogP) is 2.48.